The van der Waals surface area contributed by atoms with Gasteiger partial charge in [0, 0.05) is 13.5 Å². The number of nitrogens with one attached hydrogen (secondary N) is 1. The van der Waals surface area contributed by atoms with Gasteiger partial charge in [0.05, 0.1) is 17.7 Å². The van der Waals surface area contributed by atoms with Crippen LogP contribution in [0.25, 0.3) is 0 Å². The fourth-order valence-corrected chi connectivity index (χ4v) is 3.99. The van der Waals surface area contributed by atoms with Gasteiger partial charge >= 0.3 is 0 Å². The van der Waals surface area contributed by atoms with Crippen molar-refractivity contribution in [3.05, 3.63) is 77.9 Å². The Kier molecular flexibility index (Phi) is 7.50. The van der Waals surface area contributed by atoms with Crippen molar-refractivity contribution in [3.8, 4) is 5.75 Å². The summed E-state index contributed by atoms with van der Waals surface area (Å²) in [6.07, 6.45) is 5.47. The van der Waals surface area contributed by atoms with E-state index in [0.29, 0.717) is 24.2 Å². The quantitative estimate of drug-likeness (QED) is 0.713. The maximum atomic E-state index is 13.4. The predicted octanol–water partition coefficient (Wildman–Crippen LogP) is 4.76. The third-order valence-electron chi connectivity index (χ3n) is 5.61. The van der Waals surface area contributed by atoms with Gasteiger partial charge in [-0.3, -0.25) is 9.59 Å². The minimum Gasteiger partial charge on any atom is -0.490 e. The predicted molar refractivity (Wildman–Crippen MR) is 123 cm³/mol. The molecule has 5 nitrogen and oxygen atoms in total. The average molecular weight is 421 g/mol. The summed E-state index contributed by atoms with van der Waals surface area (Å²) in [6, 6.07) is 16.4. The van der Waals surface area contributed by atoms with Crippen LogP contribution in [-0.2, 0) is 4.79 Å². The number of carbonyl (C=O) groups excluding carboxylic acids is 2. The average Bonchev–Trinajstić information content (AvgIpc) is 2.75. The smallest absolute Gasteiger partial charge is 0.258 e. The molecule has 2 aromatic carbocycles. The van der Waals surface area contributed by atoms with E-state index in [2.05, 4.69) is 17.5 Å². The van der Waals surface area contributed by atoms with E-state index in [9.17, 15) is 9.59 Å². The lowest BCUT2D eigenvalue weighted by Gasteiger charge is -2.32. The monoisotopic (exact) mass is 420 g/mol. The van der Waals surface area contributed by atoms with Crippen molar-refractivity contribution in [1.82, 2.24) is 10.2 Å². The highest BCUT2D eigenvalue weighted by molar-refractivity contribution is 5.99. The fraction of sp³-hybridized carbons (Fsp3) is 0.385. The van der Waals surface area contributed by atoms with Crippen LogP contribution in [0.4, 0.5) is 0 Å². The Morgan fingerprint density at radius 3 is 2.32 bits per heavy atom. The van der Waals surface area contributed by atoms with Gasteiger partial charge in [-0.2, -0.15) is 0 Å². The van der Waals surface area contributed by atoms with Crippen LogP contribution in [0.15, 0.2) is 66.7 Å². The van der Waals surface area contributed by atoms with E-state index in [1.54, 1.807) is 13.1 Å². The van der Waals surface area contributed by atoms with Gasteiger partial charge in [-0.1, -0.05) is 68.5 Å². The van der Waals surface area contributed by atoms with Crippen LogP contribution in [-0.4, -0.2) is 35.9 Å². The van der Waals surface area contributed by atoms with Crippen molar-refractivity contribution in [2.75, 3.05) is 7.05 Å². The number of carbonyl (C=O) groups is 2. The van der Waals surface area contributed by atoms with Gasteiger partial charge in [0.2, 0.25) is 5.91 Å². The molecule has 0 bridgehead atoms. The molecule has 3 atom stereocenters. The highest BCUT2D eigenvalue weighted by Crippen LogP contribution is 2.25. The molecule has 0 unspecified atom stereocenters. The molecule has 0 radical (unpaired) electrons. The Morgan fingerprint density at radius 1 is 0.968 bits per heavy atom. The van der Waals surface area contributed by atoms with E-state index < -0.39 is 6.04 Å². The molecule has 0 spiro atoms. The molecule has 3 rings (SSSR count). The van der Waals surface area contributed by atoms with Crippen LogP contribution in [0, 0.1) is 5.92 Å². The van der Waals surface area contributed by atoms with Crippen molar-refractivity contribution in [2.45, 2.75) is 51.8 Å². The molecule has 0 saturated carbocycles. The Balaban J connectivity index is 1.99. The second-order valence-corrected chi connectivity index (χ2v) is 8.44. The summed E-state index contributed by atoms with van der Waals surface area (Å²) in [5.74, 6) is 0.112. The molecule has 1 heterocycles. The summed E-state index contributed by atoms with van der Waals surface area (Å²) < 4.78 is 6.09. The van der Waals surface area contributed by atoms with Crippen molar-refractivity contribution in [1.29, 1.82) is 0 Å². The van der Waals surface area contributed by atoms with Gasteiger partial charge in [-0.25, -0.2) is 0 Å². The first-order valence-corrected chi connectivity index (χ1v) is 10.9. The number of ether oxygens (including phenoxy) is 1. The van der Waals surface area contributed by atoms with Crippen LogP contribution in [0.2, 0.25) is 0 Å². The van der Waals surface area contributed by atoms with Gasteiger partial charge in [0.25, 0.3) is 5.91 Å². The minimum atomic E-state index is -0.601. The van der Waals surface area contributed by atoms with Gasteiger partial charge in [0.1, 0.15) is 11.8 Å². The molecule has 164 valence electrons. The second kappa shape index (κ2) is 10.3. The molecule has 1 aliphatic heterocycles. The van der Waals surface area contributed by atoms with Crippen LogP contribution in [0.5, 0.6) is 5.75 Å². The van der Waals surface area contributed by atoms with E-state index >= 15 is 0 Å². The molecule has 2 amide bonds. The Morgan fingerprint density at radius 2 is 1.61 bits per heavy atom. The number of benzene rings is 2. The maximum Gasteiger partial charge on any atom is 0.258 e. The molecule has 1 aliphatic rings. The number of para-hydroxylation sites is 1. The normalized spacial score (nSPS) is 24.0. The van der Waals surface area contributed by atoms with Crippen LogP contribution < -0.4 is 10.1 Å². The van der Waals surface area contributed by atoms with E-state index in [4.69, 9.17) is 4.74 Å². The molecule has 0 saturated heterocycles. The Hall–Kier alpha value is -3.08. The lowest BCUT2D eigenvalue weighted by atomic mass is 9.98. The first kappa shape index (κ1) is 22.6. The number of amides is 2. The van der Waals surface area contributed by atoms with Gasteiger partial charge in [-0.05, 0) is 37.0 Å². The lowest BCUT2D eigenvalue weighted by molar-refractivity contribution is -0.127. The molecule has 1 N–H and O–H groups in total. The summed E-state index contributed by atoms with van der Waals surface area (Å²) in [4.78, 5) is 28.3. The number of rotatable bonds is 2. The Bertz CT molecular complexity index is 923. The Labute approximate surface area is 185 Å². The number of fused-ring (bicyclic) bond motifs is 1. The van der Waals surface area contributed by atoms with E-state index in [0.717, 1.165) is 5.56 Å². The van der Waals surface area contributed by atoms with Crippen molar-refractivity contribution in [2.24, 2.45) is 5.92 Å². The summed E-state index contributed by atoms with van der Waals surface area (Å²) in [5, 5.41) is 3.19. The van der Waals surface area contributed by atoms with E-state index in [1.807, 2.05) is 69.3 Å². The fourth-order valence-electron chi connectivity index (χ4n) is 3.99. The van der Waals surface area contributed by atoms with Gasteiger partial charge in [0.15, 0.2) is 0 Å². The van der Waals surface area contributed by atoms with E-state index in [-0.39, 0.29) is 29.9 Å². The zero-order chi connectivity index (χ0) is 22.4. The number of likely N-dealkylation sites (N-methyl/N-ethyl adjacent to an activating group) is 1. The third kappa shape index (κ3) is 5.54. The first-order chi connectivity index (χ1) is 14.9. The SMILES string of the molecule is CC(C)[C@@H]1C(=O)N[C@H](c2ccccc2)C/C=C\C[C@@H](C)Oc2ccccc2C(=O)N1C. The third-order valence-corrected chi connectivity index (χ3v) is 5.61. The number of hydrogen-bond acceptors (Lipinski definition) is 3. The van der Waals surface area contributed by atoms with Gasteiger partial charge in [-0.15, -0.1) is 0 Å². The van der Waals surface area contributed by atoms with Crippen molar-refractivity contribution in [3.63, 3.8) is 0 Å². The molecule has 0 fully saturated rings. The standard InChI is InChI=1S/C26H32N2O3/c1-18(2)24-25(29)27-22(20-13-6-5-7-14-20)16-10-8-12-19(3)31-23-17-11-9-15-21(23)26(30)28(24)4/h5-11,13-15,17-19,22,24H,12,16H2,1-4H3,(H,27,29)/b10-8-/t19-,22+,24-/m1/s1. The summed E-state index contributed by atoms with van der Waals surface area (Å²) in [5.41, 5.74) is 1.51. The van der Waals surface area contributed by atoms with Crippen LogP contribution in [0.1, 0.15) is 55.6 Å². The molecule has 31 heavy (non-hydrogen) atoms. The van der Waals surface area contributed by atoms with Crippen LogP contribution in [0.3, 0.4) is 0 Å². The largest absolute Gasteiger partial charge is 0.490 e. The summed E-state index contributed by atoms with van der Waals surface area (Å²) in [7, 11) is 1.69. The lowest BCUT2D eigenvalue weighted by Crippen LogP contribution is -2.51. The highest BCUT2D eigenvalue weighted by Gasteiger charge is 2.33. The maximum absolute atomic E-state index is 13.4. The summed E-state index contributed by atoms with van der Waals surface area (Å²) >= 11 is 0. The second-order valence-electron chi connectivity index (χ2n) is 8.44. The molecule has 0 aliphatic carbocycles. The molecule has 0 aromatic heterocycles. The van der Waals surface area contributed by atoms with Crippen LogP contribution >= 0.6 is 0 Å². The first-order valence-electron chi connectivity index (χ1n) is 10.9. The topological polar surface area (TPSA) is 58.6 Å². The number of hydrogen-bond donors (Lipinski definition) is 1. The van der Waals surface area contributed by atoms with Crippen molar-refractivity contribution >= 4 is 11.8 Å². The molecule has 2 aromatic rings. The molecule has 5 heteroatoms. The van der Waals surface area contributed by atoms with Crippen molar-refractivity contribution < 1.29 is 14.3 Å². The zero-order valence-corrected chi connectivity index (χ0v) is 18.7. The number of nitrogens with zero attached hydrogens (tertiary/aromatic N) is 1. The molecular formula is C26H32N2O3. The summed E-state index contributed by atoms with van der Waals surface area (Å²) in [6.45, 7) is 5.91. The zero-order valence-electron chi connectivity index (χ0n) is 18.7. The van der Waals surface area contributed by atoms with Gasteiger partial charge < -0.3 is 15.0 Å². The molecular weight excluding hydrogens is 388 g/mol. The highest BCUT2D eigenvalue weighted by atomic mass is 16.5. The minimum absolute atomic E-state index is 0.0548. The van der Waals surface area contributed by atoms with E-state index in [1.165, 1.54) is 4.90 Å².